The van der Waals surface area contributed by atoms with E-state index < -0.39 is 0 Å². The third-order valence-electron chi connectivity index (χ3n) is 3.29. The summed E-state index contributed by atoms with van der Waals surface area (Å²) in [7, 11) is 0. The van der Waals surface area contributed by atoms with Crippen LogP contribution in [0.2, 0.25) is 0 Å². The molecule has 92 valence electrons. The molecule has 1 aliphatic rings. The summed E-state index contributed by atoms with van der Waals surface area (Å²) in [6.07, 6.45) is 1.03. The predicted molar refractivity (Wildman–Crippen MR) is 68.8 cm³/mol. The van der Waals surface area contributed by atoms with Gasteiger partial charge in [0.25, 0.3) is 0 Å². The van der Waals surface area contributed by atoms with E-state index in [1.165, 1.54) is 5.56 Å². The first-order valence-electron chi connectivity index (χ1n) is 6.21. The van der Waals surface area contributed by atoms with Gasteiger partial charge in [0.05, 0.1) is 6.61 Å². The molecule has 1 heterocycles. The monoisotopic (exact) mass is 232 g/mol. The van der Waals surface area contributed by atoms with Crippen LogP contribution in [0.15, 0.2) is 18.2 Å². The minimum atomic E-state index is -0.326. The van der Waals surface area contributed by atoms with Crippen LogP contribution in [0.25, 0.3) is 0 Å². The Kier molecular flexibility index (Phi) is 2.98. The number of carbonyl (C=O) groups is 1. The van der Waals surface area contributed by atoms with E-state index in [1.54, 1.807) is 0 Å². The maximum Gasteiger partial charge on any atom is 0.168 e. The fraction of sp³-hybridized carbons (Fsp3) is 0.533. The lowest BCUT2D eigenvalue weighted by molar-refractivity contribution is 0.0858. The Hall–Kier alpha value is -1.31. The fourth-order valence-electron chi connectivity index (χ4n) is 2.14. The maximum absolute atomic E-state index is 12.2. The maximum atomic E-state index is 12.2. The molecule has 1 atom stereocenters. The van der Waals surface area contributed by atoms with Crippen LogP contribution in [0.3, 0.4) is 0 Å². The van der Waals surface area contributed by atoms with Gasteiger partial charge in [-0.15, -0.1) is 0 Å². The van der Waals surface area contributed by atoms with Crippen molar-refractivity contribution < 1.29 is 9.53 Å². The van der Waals surface area contributed by atoms with Crippen molar-refractivity contribution in [3.05, 3.63) is 29.3 Å². The Morgan fingerprint density at radius 2 is 2.06 bits per heavy atom. The fourth-order valence-corrected chi connectivity index (χ4v) is 2.14. The molecule has 2 nitrogen and oxygen atoms in total. The standard InChI is InChI=1S/C15H20O2/c1-10-7-8-17-13-6-5-11(9-12(10)13)14(16)15(2,3)4/h5-6,9-10H,7-8H2,1-4H3/t10-/m0/s1. The lowest BCUT2D eigenvalue weighted by atomic mass is 9.84. The quantitative estimate of drug-likeness (QED) is 0.688. The highest BCUT2D eigenvalue weighted by Gasteiger charge is 2.25. The molecular formula is C15H20O2. The average Bonchev–Trinajstić information content (AvgIpc) is 2.27. The molecule has 0 saturated heterocycles. The van der Waals surface area contributed by atoms with Gasteiger partial charge in [-0.3, -0.25) is 4.79 Å². The molecule has 0 spiro atoms. The molecule has 0 N–H and O–H groups in total. The topological polar surface area (TPSA) is 26.3 Å². The van der Waals surface area contributed by atoms with Crippen molar-refractivity contribution in [1.82, 2.24) is 0 Å². The third-order valence-corrected chi connectivity index (χ3v) is 3.29. The van der Waals surface area contributed by atoms with Gasteiger partial charge in [0, 0.05) is 11.0 Å². The zero-order valence-corrected chi connectivity index (χ0v) is 11.0. The van der Waals surface area contributed by atoms with Gasteiger partial charge in [0.2, 0.25) is 0 Å². The van der Waals surface area contributed by atoms with Gasteiger partial charge in [-0.25, -0.2) is 0 Å². The van der Waals surface area contributed by atoms with Crippen LogP contribution in [0, 0.1) is 5.41 Å². The lowest BCUT2D eigenvalue weighted by Crippen LogP contribution is -2.21. The lowest BCUT2D eigenvalue weighted by Gasteiger charge is -2.24. The summed E-state index contributed by atoms with van der Waals surface area (Å²) in [5.74, 6) is 1.61. The largest absolute Gasteiger partial charge is 0.493 e. The Morgan fingerprint density at radius 1 is 1.35 bits per heavy atom. The van der Waals surface area contributed by atoms with E-state index in [-0.39, 0.29) is 11.2 Å². The molecule has 0 saturated carbocycles. The van der Waals surface area contributed by atoms with Crippen molar-refractivity contribution >= 4 is 5.78 Å². The second-order valence-corrected chi connectivity index (χ2v) is 5.87. The number of Topliss-reactive ketones (excluding diaryl/α,β-unsaturated/α-hetero) is 1. The molecule has 1 aromatic rings. The SMILES string of the molecule is C[C@H]1CCOc2ccc(C(=O)C(C)(C)C)cc21. The second kappa shape index (κ2) is 4.17. The minimum Gasteiger partial charge on any atom is -0.493 e. The van der Waals surface area contributed by atoms with Crippen LogP contribution in [0.1, 0.15) is 56.0 Å². The number of carbonyl (C=O) groups excluding carboxylic acids is 1. The van der Waals surface area contributed by atoms with E-state index >= 15 is 0 Å². The number of ketones is 1. The van der Waals surface area contributed by atoms with Gasteiger partial charge in [0.15, 0.2) is 5.78 Å². The summed E-state index contributed by atoms with van der Waals surface area (Å²) in [4.78, 5) is 12.2. The molecule has 1 aliphatic heterocycles. The van der Waals surface area contributed by atoms with E-state index in [0.717, 1.165) is 24.3 Å². The highest BCUT2D eigenvalue weighted by Crippen LogP contribution is 2.35. The number of fused-ring (bicyclic) bond motifs is 1. The zero-order chi connectivity index (χ0) is 12.6. The van der Waals surface area contributed by atoms with Crippen molar-refractivity contribution in [2.24, 2.45) is 5.41 Å². The normalized spacial score (nSPS) is 19.4. The third kappa shape index (κ3) is 2.36. The molecule has 17 heavy (non-hydrogen) atoms. The van der Waals surface area contributed by atoms with Gasteiger partial charge in [-0.2, -0.15) is 0 Å². The summed E-state index contributed by atoms with van der Waals surface area (Å²) < 4.78 is 5.60. The molecule has 0 radical (unpaired) electrons. The molecule has 2 rings (SSSR count). The van der Waals surface area contributed by atoms with Crippen molar-refractivity contribution in [3.63, 3.8) is 0 Å². The van der Waals surface area contributed by atoms with Crippen LogP contribution < -0.4 is 4.74 Å². The van der Waals surface area contributed by atoms with Gasteiger partial charge >= 0.3 is 0 Å². The Balaban J connectivity index is 2.39. The number of hydrogen-bond donors (Lipinski definition) is 0. The second-order valence-electron chi connectivity index (χ2n) is 5.87. The van der Waals surface area contributed by atoms with Crippen molar-refractivity contribution in [1.29, 1.82) is 0 Å². The number of rotatable bonds is 1. The summed E-state index contributed by atoms with van der Waals surface area (Å²) in [5.41, 5.74) is 1.65. The number of hydrogen-bond acceptors (Lipinski definition) is 2. The van der Waals surface area contributed by atoms with Crippen molar-refractivity contribution in [3.8, 4) is 5.75 Å². The highest BCUT2D eigenvalue weighted by molar-refractivity contribution is 6.00. The Bertz CT molecular complexity index is 441. The minimum absolute atomic E-state index is 0.193. The van der Waals surface area contributed by atoms with Crippen LogP contribution >= 0.6 is 0 Å². The zero-order valence-electron chi connectivity index (χ0n) is 11.0. The van der Waals surface area contributed by atoms with E-state index in [0.29, 0.717) is 5.92 Å². The summed E-state index contributed by atoms with van der Waals surface area (Å²) in [5, 5.41) is 0. The highest BCUT2D eigenvalue weighted by atomic mass is 16.5. The van der Waals surface area contributed by atoms with Gasteiger partial charge < -0.3 is 4.74 Å². The van der Waals surface area contributed by atoms with Crippen LogP contribution in [-0.4, -0.2) is 12.4 Å². The Morgan fingerprint density at radius 3 is 2.71 bits per heavy atom. The first-order valence-corrected chi connectivity index (χ1v) is 6.21. The van der Waals surface area contributed by atoms with Crippen LogP contribution in [0.5, 0.6) is 5.75 Å². The average molecular weight is 232 g/mol. The summed E-state index contributed by atoms with van der Waals surface area (Å²) in [6.45, 7) is 8.82. The molecule has 1 aromatic carbocycles. The van der Waals surface area contributed by atoms with Crippen molar-refractivity contribution in [2.75, 3.05) is 6.61 Å². The molecule has 0 amide bonds. The molecular weight excluding hydrogens is 212 g/mol. The summed E-state index contributed by atoms with van der Waals surface area (Å²) in [6, 6.07) is 5.82. The number of ether oxygens (including phenoxy) is 1. The molecule has 0 unspecified atom stereocenters. The van der Waals surface area contributed by atoms with E-state index in [2.05, 4.69) is 6.92 Å². The molecule has 2 heteroatoms. The first kappa shape index (κ1) is 12.2. The van der Waals surface area contributed by atoms with Gasteiger partial charge in [0.1, 0.15) is 5.75 Å². The van der Waals surface area contributed by atoms with Crippen molar-refractivity contribution in [2.45, 2.75) is 40.0 Å². The van der Waals surface area contributed by atoms with Crippen LogP contribution in [-0.2, 0) is 0 Å². The van der Waals surface area contributed by atoms with Gasteiger partial charge in [-0.1, -0.05) is 27.7 Å². The number of benzene rings is 1. The predicted octanol–water partition coefficient (Wildman–Crippen LogP) is 3.80. The van der Waals surface area contributed by atoms with E-state index in [4.69, 9.17) is 4.74 Å². The summed E-state index contributed by atoms with van der Waals surface area (Å²) >= 11 is 0. The molecule has 0 fully saturated rings. The molecule has 0 bridgehead atoms. The first-order chi connectivity index (χ1) is 7.89. The molecule has 0 aromatic heterocycles. The van der Waals surface area contributed by atoms with Gasteiger partial charge in [-0.05, 0) is 36.1 Å². The van der Waals surface area contributed by atoms with Crippen LogP contribution in [0.4, 0.5) is 0 Å². The van der Waals surface area contributed by atoms with E-state index in [9.17, 15) is 4.79 Å². The molecule has 0 aliphatic carbocycles. The Labute approximate surface area is 103 Å². The van der Waals surface area contributed by atoms with E-state index in [1.807, 2.05) is 39.0 Å². The smallest absolute Gasteiger partial charge is 0.168 e.